The van der Waals surface area contributed by atoms with Gasteiger partial charge in [-0.25, -0.2) is 0 Å². The van der Waals surface area contributed by atoms with Crippen LogP contribution < -0.4 is 20.1 Å². The van der Waals surface area contributed by atoms with Gasteiger partial charge in [-0.1, -0.05) is 53.1 Å². The lowest BCUT2D eigenvalue weighted by molar-refractivity contribution is -0.113. The average molecular weight is 575 g/mol. The number of rotatable bonds is 7. The Hall–Kier alpha value is -4.18. The average Bonchev–Trinajstić information content (AvgIpc) is 3.37. The van der Waals surface area contributed by atoms with E-state index in [1.54, 1.807) is 11.8 Å². The third kappa shape index (κ3) is 4.99. The summed E-state index contributed by atoms with van der Waals surface area (Å²) in [6.07, 6.45) is 0. The first-order chi connectivity index (χ1) is 18.4. The minimum atomic E-state index is -0.610. The maximum Gasteiger partial charge on any atom is 0.255 e. The summed E-state index contributed by atoms with van der Waals surface area (Å²) in [5.74, 6) is 1.26. The normalized spacial score (nSPS) is 14.5. The van der Waals surface area contributed by atoms with Gasteiger partial charge in [-0.05, 0) is 82.0 Å². The van der Waals surface area contributed by atoms with Gasteiger partial charge in [0.2, 0.25) is 5.95 Å². The second-order valence-corrected chi connectivity index (χ2v) is 9.95. The van der Waals surface area contributed by atoms with E-state index in [-0.39, 0.29) is 5.91 Å². The lowest BCUT2D eigenvalue weighted by Gasteiger charge is -2.28. The standard InChI is InChI=1S/C28H27BrN6O3/c1-16-9-11-19(12-10-16)15-38-26-21(29)13-20(14-23(26)37-4)25-24(18(3)30-28-32-33-34-35(25)28)27(36)31-22-8-6-5-7-17(22)2/h5-14,25H,15H2,1-4H3,(H,31,36)(H,30,32,34). The van der Waals surface area contributed by atoms with Crippen LogP contribution in [0.4, 0.5) is 11.6 Å². The van der Waals surface area contributed by atoms with E-state index in [0.717, 1.165) is 22.4 Å². The number of nitrogens with zero attached hydrogens (tertiary/aromatic N) is 4. The zero-order chi connectivity index (χ0) is 26.8. The van der Waals surface area contributed by atoms with Gasteiger partial charge in [-0.15, -0.1) is 0 Å². The minimum Gasteiger partial charge on any atom is -0.493 e. The number of aryl methyl sites for hydroxylation is 2. The number of halogens is 1. The number of anilines is 2. The molecule has 0 radical (unpaired) electrons. The van der Waals surface area contributed by atoms with E-state index in [0.29, 0.717) is 39.8 Å². The second kappa shape index (κ2) is 10.7. The van der Waals surface area contributed by atoms with Gasteiger partial charge in [0.25, 0.3) is 5.91 Å². The van der Waals surface area contributed by atoms with Gasteiger partial charge in [0.05, 0.1) is 17.2 Å². The van der Waals surface area contributed by atoms with Crippen molar-refractivity contribution in [2.24, 2.45) is 0 Å². The fourth-order valence-corrected chi connectivity index (χ4v) is 4.97. The molecule has 0 saturated carbocycles. The molecule has 38 heavy (non-hydrogen) atoms. The molecule has 4 aromatic rings. The van der Waals surface area contributed by atoms with E-state index in [1.807, 2.05) is 81.4 Å². The number of ether oxygens (including phenoxy) is 2. The highest BCUT2D eigenvalue weighted by atomic mass is 79.9. The topological polar surface area (TPSA) is 103 Å². The zero-order valence-corrected chi connectivity index (χ0v) is 23.0. The first kappa shape index (κ1) is 25.5. The quantitative estimate of drug-likeness (QED) is 0.297. The summed E-state index contributed by atoms with van der Waals surface area (Å²) >= 11 is 3.66. The molecule has 0 saturated heterocycles. The number of amides is 1. The number of tetrazole rings is 1. The van der Waals surface area contributed by atoms with Gasteiger partial charge in [-0.3, -0.25) is 4.79 Å². The monoisotopic (exact) mass is 574 g/mol. The molecule has 9 nitrogen and oxygen atoms in total. The Morgan fingerprint density at radius 2 is 1.87 bits per heavy atom. The molecule has 1 atom stereocenters. The van der Waals surface area contributed by atoms with E-state index < -0.39 is 6.04 Å². The highest BCUT2D eigenvalue weighted by Gasteiger charge is 2.35. The molecular formula is C28H27BrN6O3. The van der Waals surface area contributed by atoms with Crippen molar-refractivity contribution in [2.45, 2.75) is 33.4 Å². The molecule has 1 amide bonds. The molecule has 0 spiro atoms. The van der Waals surface area contributed by atoms with Crippen LogP contribution in [0.15, 0.2) is 76.4 Å². The molecule has 194 valence electrons. The van der Waals surface area contributed by atoms with Gasteiger partial charge in [0, 0.05) is 11.4 Å². The third-order valence-corrected chi connectivity index (χ3v) is 7.01. The minimum absolute atomic E-state index is 0.259. The van der Waals surface area contributed by atoms with E-state index in [1.165, 1.54) is 5.56 Å². The number of aromatic nitrogens is 4. The number of allylic oxidation sites excluding steroid dienone is 1. The van der Waals surface area contributed by atoms with Crippen molar-refractivity contribution in [1.82, 2.24) is 20.2 Å². The fourth-order valence-electron chi connectivity index (χ4n) is 4.39. The first-order valence-corrected chi connectivity index (χ1v) is 12.8. The number of benzene rings is 3. The van der Waals surface area contributed by atoms with Gasteiger partial charge < -0.3 is 20.1 Å². The van der Waals surface area contributed by atoms with Crippen LogP contribution in [0.25, 0.3) is 0 Å². The second-order valence-electron chi connectivity index (χ2n) is 9.09. The highest BCUT2D eigenvalue weighted by Crippen LogP contribution is 2.43. The van der Waals surface area contributed by atoms with Crippen LogP contribution in [-0.2, 0) is 11.4 Å². The van der Waals surface area contributed by atoms with Gasteiger partial charge >= 0.3 is 0 Å². The predicted molar refractivity (Wildman–Crippen MR) is 148 cm³/mol. The van der Waals surface area contributed by atoms with Crippen molar-refractivity contribution >= 4 is 33.5 Å². The third-order valence-electron chi connectivity index (χ3n) is 6.42. The molecule has 3 aromatic carbocycles. The molecule has 1 aliphatic rings. The van der Waals surface area contributed by atoms with Crippen molar-refractivity contribution in [3.63, 3.8) is 0 Å². The summed E-state index contributed by atoms with van der Waals surface area (Å²) in [7, 11) is 1.59. The Morgan fingerprint density at radius 3 is 2.61 bits per heavy atom. The van der Waals surface area contributed by atoms with Crippen LogP contribution in [0.5, 0.6) is 11.5 Å². The Balaban J connectivity index is 1.51. The number of hydrogen-bond acceptors (Lipinski definition) is 7. The molecule has 1 aliphatic heterocycles. The van der Waals surface area contributed by atoms with Crippen LogP contribution in [0, 0.1) is 13.8 Å². The summed E-state index contributed by atoms with van der Waals surface area (Å²) in [4.78, 5) is 13.7. The number of nitrogens with one attached hydrogen (secondary N) is 2. The van der Waals surface area contributed by atoms with Crippen LogP contribution in [0.1, 0.15) is 35.2 Å². The molecule has 0 bridgehead atoms. The zero-order valence-electron chi connectivity index (χ0n) is 21.4. The summed E-state index contributed by atoms with van der Waals surface area (Å²) < 4.78 is 14.1. The maximum absolute atomic E-state index is 13.7. The van der Waals surface area contributed by atoms with E-state index >= 15 is 0 Å². The molecule has 5 rings (SSSR count). The molecule has 0 fully saturated rings. The lowest BCUT2D eigenvalue weighted by Crippen LogP contribution is -2.31. The molecular weight excluding hydrogens is 548 g/mol. The Bertz CT molecular complexity index is 1530. The van der Waals surface area contributed by atoms with E-state index in [4.69, 9.17) is 9.47 Å². The molecule has 2 N–H and O–H groups in total. The predicted octanol–water partition coefficient (Wildman–Crippen LogP) is 5.57. The summed E-state index contributed by atoms with van der Waals surface area (Å²) in [5.41, 5.74) is 5.81. The number of hydrogen-bond donors (Lipinski definition) is 2. The van der Waals surface area contributed by atoms with Gasteiger partial charge in [0.1, 0.15) is 12.6 Å². The number of fused-ring (bicyclic) bond motifs is 1. The molecule has 0 aliphatic carbocycles. The van der Waals surface area contributed by atoms with Crippen LogP contribution in [0.2, 0.25) is 0 Å². The van der Waals surface area contributed by atoms with E-state index in [9.17, 15) is 4.79 Å². The summed E-state index contributed by atoms with van der Waals surface area (Å²) in [6, 6.07) is 18.9. The Morgan fingerprint density at radius 1 is 1.11 bits per heavy atom. The van der Waals surface area contributed by atoms with Crippen LogP contribution in [0.3, 0.4) is 0 Å². The van der Waals surface area contributed by atoms with Crippen molar-refractivity contribution < 1.29 is 14.3 Å². The number of carbonyl (C=O) groups is 1. The maximum atomic E-state index is 13.7. The van der Waals surface area contributed by atoms with Gasteiger partial charge in [-0.2, -0.15) is 4.68 Å². The SMILES string of the molecule is COc1cc(C2C(C(=O)Nc3ccccc3C)=C(C)Nc3nnnn32)cc(Br)c1OCc1ccc(C)cc1. The van der Waals surface area contributed by atoms with Crippen LogP contribution in [-0.4, -0.2) is 33.2 Å². The Kier molecular flexibility index (Phi) is 7.15. The van der Waals surface area contributed by atoms with Crippen molar-refractivity contribution in [3.8, 4) is 11.5 Å². The fraction of sp³-hybridized carbons (Fsp3) is 0.214. The van der Waals surface area contributed by atoms with Crippen molar-refractivity contribution in [1.29, 1.82) is 0 Å². The highest BCUT2D eigenvalue weighted by molar-refractivity contribution is 9.10. The molecule has 10 heteroatoms. The molecule has 1 unspecified atom stereocenters. The first-order valence-electron chi connectivity index (χ1n) is 12.0. The number of para-hydroxylation sites is 1. The number of methoxy groups -OCH3 is 1. The van der Waals surface area contributed by atoms with Crippen molar-refractivity contribution in [2.75, 3.05) is 17.7 Å². The Labute approximate surface area is 229 Å². The van der Waals surface area contributed by atoms with Crippen molar-refractivity contribution in [3.05, 3.63) is 98.7 Å². The van der Waals surface area contributed by atoms with E-state index in [2.05, 4.69) is 42.1 Å². The summed E-state index contributed by atoms with van der Waals surface area (Å²) in [5, 5.41) is 18.3. The number of carbonyl (C=O) groups excluding carboxylic acids is 1. The summed E-state index contributed by atoms with van der Waals surface area (Å²) in [6.45, 7) is 6.21. The molecule has 2 heterocycles. The largest absolute Gasteiger partial charge is 0.493 e. The van der Waals surface area contributed by atoms with Gasteiger partial charge in [0.15, 0.2) is 11.5 Å². The smallest absolute Gasteiger partial charge is 0.255 e. The molecule has 1 aromatic heterocycles. The lowest BCUT2D eigenvalue weighted by atomic mass is 9.94. The van der Waals surface area contributed by atoms with Crippen LogP contribution >= 0.6 is 15.9 Å².